The maximum Gasteiger partial charge on any atom is 0.306 e. The first kappa shape index (κ1) is 17.2. The Balaban J connectivity index is 5.03. The summed E-state index contributed by atoms with van der Waals surface area (Å²) in [6, 6.07) is 0. The second-order valence-corrected chi connectivity index (χ2v) is 14.7. The Morgan fingerprint density at radius 1 is 1.00 bits per heavy atom. The summed E-state index contributed by atoms with van der Waals surface area (Å²) in [4.78, 5) is 0. The lowest BCUT2D eigenvalue weighted by Crippen LogP contribution is -2.28. The van der Waals surface area contributed by atoms with Crippen LogP contribution < -0.4 is 0 Å². The van der Waals surface area contributed by atoms with E-state index >= 15 is 0 Å². The van der Waals surface area contributed by atoms with E-state index in [0.29, 0.717) is 6.61 Å². The summed E-state index contributed by atoms with van der Waals surface area (Å²) >= 11 is 0. The van der Waals surface area contributed by atoms with Gasteiger partial charge in [-0.25, -0.2) is 0 Å². The molecular weight excluding hydrogens is 267 g/mol. The SMILES string of the molecule is C=C(O[Si](C)(C)C)/C(F)=C(/OCC)O[Si](C)(C)C. The molecule has 0 saturated heterocycles. The zero-order valence-electron chi connectivity index (χ0n) is 12.5. The van der Waals surface area contributed by atoms with Crippen LogP contribution in [-0.2, 0) is 13.6 Å². The van der Waals surface area contributed by atoms with Crippen LogP contribution in [0.25, 0.3) is 0 Å². The Morgan fingerprint density at radius 2 is 1.44 bits per heavy atom. The Hall–Kier alpha value is -0.756. The van der Waals surface area contributed by atoms with Crippen LogP contribution in [0.2, 0.25) is 39.3 Å². The van der Waals surface area contributed by atoms with Gasteiger partial charge in [0.1, 0.15) is 5.76 Å². The minimum Gasteiger partial charge on any atom is -0.543 e. The third-order valence-corrected chi connectivity index (χ3v) is 3.18. The molecule has 106 valence electrons. The van der Waals surface area contributed by atoms with Crippen molar-refractivity contribution in [1.29, 1.82) is 0 Å². The Labute approximate surface area is 112 Å². The molecule has 0 spiro atoms. The lowest BCUT2D eigenvalue weighted by Gasteiger charge is -2.24. The van der Waals surface area contributed by atoms with Gasteiger partial charge in [-0.2, -0.15) is 4.39 Å². The first-order valence-corrected chi connectivity index (χ1v) is 12.9. The van der Waals surface area contributed by atoms with E-state index < -0.39 is 22.5 Å². The minimum atomic E-state index is -1.93. The van der Waals surface area contributed by atoms with E-state index in [0.717, 1.165) is 0 Å². The molecule has 0 aromatic rings. The highest BCUT2D eigenvalue weighted by Gasteiger charge is 2.26. The van der Waals surface area contributed by atoms with Crippen LogP contribution in [0.4, 0.5) is 4.39 Å². The number of ether oxygens (including phenoxy) is 1. The molecule has 6 heteroatoms. The lowest BCUT2D eigenvalue weighted by molar-refractivity contribution is 0.0985. The summed E-state index contributed by atoms with van der Waals surface area (Å²) in [6.07, 6.45) is 0. The highest BCUT2D eigenvalue weighted by molar-refractivity contribution is 6.70. The quantitative estimate of drug-likeness (QED) is 0.396. The van der Waals surface area contributed by atoms with Gasteiger partial charge < -0.3 is 13.6 Å². The highest BCUT2D eigenvalue weighted by atomic mass is 28.4. The standard InChI is InChI=1S/C12H25FO3Si2/c1-9-14-12(16-18(6,7)8)11(13)10(2)15-17(3,4)5/h2,9H2,1,3-8H3/b12-11+. The van der Waals surface area contributed by atoms with E-state index in [1.807, 2.05) is 39.3 Å². The number of rotatable bonds is 7. The summed E-state index contributed by atoms with van der Waals surface area (Å²) in [6.45, 7) is 17.5. The number of allylic oxidation sites excluding steroid dienone is 1. The molecule has 0 aromatic heterocycles. The van der Waals surface area contributed by atoms with Crippen LogP contribution in [0, 0.1) is 0 Å². The van der Waals surface area contributed by atoms with Crippen LogP contribution in [-0.4, -0.2) is 23.2 Å². The number of hydrogen-bond donors (Lipinski definition) is 0. The molecule has 0 heterocycles. The fraction of sp³-hybridized carbons (Fsp3) is 0.667. The summed E-state index contributed by atoms with van der Waals surface area (Å²) in [7, 11) is -3.82. The average Bonchev–Trinajstić information content (AvgIpc) is 2.11. The van der Waals surface area contributed by atoms with Crippen molar-refractivity contribution < 1.29 is 18.0 Å². The summed E-state index contributed by atoms with van der Waals surface area (Å²) < 4.78 is 30.4. The van der Waals surface area contributed by atoms with Crippen molar-refractivity contribution >= 4 is 16.6 Å². The summed E-state index contributed by atoms with van der Waals surface area (Å²) in [5, 5.41) is 0. The molecule has 0 unspecified atom stereocenters. The van der Waals surface area contributed by atoms with E-state index in [1.165, 1.54) is 0 Å². The number of hydrogen-bond acceptors (Lipinski definition) is 3. The molecule has 0 aliphatic heterocycles. The van der Waals surface area contributed by atoms with Crippen molar-refractivity contribution in [2.45, 2.75) is 46.2 Å². The predicted molar refractivity (Wildman–Crippen MR) is 77.8 cm³/mol. The normalized spacial score (nSPS) is 13.8. The predicted octanol–water partition coefficient (Wildman–Crippen LogP) is 4.38. The van der Waals surface area contributed by atoms with Gasteiger partial charge in [0, 0.05) is 0 Å². The van der Waals surface area contributed by atoms with Gasteiger partial charge in [-0.15, -0.1) is 0 Å². The van der Waals surface area contributed by atoms with Crippen molar-refractivity contribution in [3.63, 3.8) is 0 Å². The molecule has 0 rings (SSSR count). The molecule has 3 nitrogen and oxygen atoms in total. The second-order valence-electron chi connectivity index (χ2n) is 5.89. The molecule has 0 aromatic carbocycles. The third-order valence-electron chi connectivity index (χ3n) is 1.53. The molecule has 0 radical (unpaired) electrons. The van der Waals surface area contributed by atoms with Crippen LogP contribution in [0.3, 0.4) is 0 Å². The van der Waals surface area contributed by atoms with Crippen molar-refractivity contribution in [1.82, 2.24) is 0 Å². The molecule has 0 fully saturated rings. The summed E-state index contributed by atoms with van der Waals surface area (Å²) in [5.74, 6) is -0.738. The van der Waals surface area contributed by atoms with E-state index in [1.54, 1.807) is 6.92 Å². The smallest absolute Gasteiger partial charge is 0.306 e. The van der Waals surface area contributed by atoms with E-state index in [9.17, 15) is 4.39 Å². The highest BCUT2D eigenvalue weighted by Crippen LogP contribution is 2.24. The van der Waals surface area contributed by atoms with Crippen molar-refractivity contribution in [2.75, 3.05) is 6.61 Å². The zero-order valence-corrected chi connectivity index (χ0v) is 14.5. The van der Waals surface area contributed by atoms with Crippen LogP contribution >= 0.6 is 0 Å². The first-order chi connectivity index (χ1) is 7.96. The van der Waals surface area contributed by atoms with Crippen molar-refractivity contribution in [3.05, 3.63) is 24.1 Å². The van der Waals surface area contributed by atoms with Gasteiger partial charge in [0.25, 0.3) is 0 Å². The molecule has 0 aliphatic rings. The van der Waals surface area contributed by atoms with Crippen molar-refractivity contribution in [2.24, 2.45) is 0 Å². The van der Waals surface area contributed by atoms with E-state index in [2.05, 4.69) is 6.58 Å². The molecule has 0 N–H and O–H groups in total. The molecule has 0 amide bonds. The zero-order chi connectivity index (χ0) is 14.6. The summed E-state index contributed by atoms with van der Waals surface area (Å²) in [5.41, 5.74) is 0. The van der Waals surface area contributed by atoms with Crippen LogP contribution in [0.15, 0.2) is 24.1 Å². The Kier molecular flexibility index (Phi) is 6.15. The van der Waals surface area contributed by atoms with Gasteiger partial charge in [0.2, 0.25) is 22.5 Å². The molecule has 0 atom stereocenters. The van der Waals surface area contributed by atoms with Gasteiger partial charge in [-0.3, -0.25) is 0 Å². The topological polar surface area (TPSA) is 27.7 Å². The second kappa shape index (κ2) is 6.42. The number of halogens is 1. The Bertz CT molecular complexity index is 327. The fourth-order valence-corrected chi connectivity index (χ4v) is 2.61. The fourth-order valence-electron chi connectivity index (χ4n) is 1.08. The van der Waals surface area contributed by atoms with E-state index in [-0.39, 0.29) is 11.7 Å². The molecule has 0 saturated carbocycles. The minimum absolute atomic E-state index is 0.00383. The van der Waals surface area contributed by atoms with Gasteiger partial charge in [-0.05, 0) is 46.2 Å². The molecule has 0 aliphatic carbocycles. The molecule has 0 bridgehead atoms. The van der Waals surface area contributed by atoms with Crippen LogP contribution in [0.5, 0.6) is 0 Å². The molecular formula is C12H25FO3Si2. The van der Waals surface area contributed by atoms with Gasteiger partial charge >= 0.3 is 5.95 Å². The maximum atomic E-state index is 14.2. The van der Waals surface area contributed by atoms with Gasteiger partial charge in [-0.1, -0.05) is 6.58 Å². The average molecular weight is 292 g/mol. The third kappa shape index (κ3) is 7.55. The maximum absolute atomic E-state index is 14.2. The monoisotopic (exact) mass is 292 g/mol. The van der Waals surface area contributed by atoms with E-state index in [4.69, 9.17) is 13.6 Å². The van der Waals surface area contributed by atoms with Crippen molar-refractivity contribution in [3.8, 4) is 0 Å². The molecule has 18 heavy (non-hydrogen) atoms. The first-order valence-electron chi connectivity index (χ1n) is 6.06. The van der Waals surface area contributed by atoms with Gasteiger partial charge in [0.05, 0.1) is 6.61 Å². The van der Waals surface area contributed by atoms with Crippen LogP contribution in [0.1, 0.15) is 6.92 Å². The Morgan fingerprint density at radius 3 is 1.78 bits per heavy atom. The lowest BCUT2D eigenvalue weighted by atomic mass is 10.5. The largest absolute Gasteiger partial charge is 0.543 e. The van der Waals surface area contributed by atoms with Gasteiger partial charge in [0.15, 0.2) is 0 Å².